The van der Waals surface area contributed by atoms with E-state index in [-0.39, 0.29) is 40.4 Å². The molecule has 160 valence electrons. The van der Waals surface area contributed by atoms with Crippen LogP contribution in [0.4, 0.5) is 0 Å². The van der Waals surface area contributed by atoms with Crippen molar-refractivity contribution in [1.29, 1.82) is 0 Å². The minimum Gasteiger partial charge on any atom is -0.461 e. The van der Waals surface area contributed by atoms with Crippen LogP contribution in [0.25, 0.3) is 0 Å². The molecule has 0 aromatic rings. The van der Waals surface area contributed by atoms with Crippen molar-refractivity contribution in [3.8, 4) is 0 Å². The molecule has 0 amide bonds. The lowest BCUT2D eigenvalue weighted by molar-refractivity contribution is -0.186. The Bertz CT molecular complexity index is 1010. The number of carbonyl (C=O) groups excluding carboxylic acids is 3. The van der Waals surface area contributed by atoms with Gasteiger partial charge in [0.2, 0.25) is 0 Å². The van der Waals surface area contributed by atoms with Crippen LogP contribution in [0.3, 0.4) is 0 Å². The van der Waals surface area contributed by atoms with Crippen molar-refractivity contribution in [2.24, 2.45) is 38.9 Å². The number of esters is 2. The summed E-state index contributed by atoms with van der Waals surface area (Å²) < 4.78 is 11.5. The van der Waals surface area contributed by atoms with Gasteiger partial charge in [0.15, 0.2) is 0 Å². The second-order valence-corrected chi connectivity index (χ2v) is 12.0. The second kappa shape index (κ2) is 4.78. The first kappa shape index (κ1) is 18.8. The third kappa shape index (κ3) is 1.61. The second-order valence-electron chi connectivity index (χ2n) is 12.0. The van der Waals surface area contributed by atoms with E-state index < -0.39 is 21.8 Å². The summed E-state index contributed by atoms with van der Waals surface area (Å²) in [6.45, 7) is 10.7. The highest BCUT2D eigenvalue weighted by molar-refractivity contribution is 6.05. The Balaban J connectivity index is 1.63. The number of ether oxygens (including phenoxy) is 2. The predicted octanol–water partition coefficient (Wildman–Crippen LogP) is 3.77. The molecule has 5 aliphatic carbocycles. The summed E-state index contributed by atoms with van der Waals surface area (Å²) in [4.78, 5) is 39.1. The van der Waals surface area contributed by atoms with Crippen molar-refractivity contribution in [1.82, 2.24) is 0 Å². The standard InChI is InChI=1S/C25H30O5/c1-20(2)15-6-9-24-12-21(3)10-14-18(27)29-13-25(14,24)23(5,19(21)28)11-16(24)22(15,4)8-7-17(26)30-20/h7-8,10,15-16H,6,9,11-13H2,1-5H3/t15-,16-,21+,22-,23-,24-,25+/m0/s1. The van der Waals surface area contributed by atoms with Crippen LogP contribution in [0.15, 0.2) is 23.8 Å². The van der Waals surface area contributed by atoms with E-state index in [1.807, 2.05) is 26.8 Å². The highest BCUT2D eigenvalue weighted by atomic mass is 16.6. The third-order valence-corrected chi connectivity index (χ3v) is 10.5. The first-order valence-corrected chi connectivity index (χ1v) is 11.2. The zero-order valence-electron chi connectivity index (χ0n) is 18.5. The number of Topliss-reactive ketones (excluding diaryl/α,β-unsaturated/α-hetero) is 1. The number of fused-ring (bicyclic) bond motifs is 2. The Morgan fingerprint density at radius 3 is 2.50 bits per heavy atom. The van der Waals surface area contributed by atoms with Crippen LogP contribution in [0, 0.1) is 38.9 Å². The summed E-state index contributed by atoms with van der Waals surface area (Å²) in [6, 6.07) is 0. The number of cyclic esters (lactones) is 2. The summed E-state index contributed by atoms with van der Waals surface area (Å²) in [6.07, 6.45) is 8.95. The van der Waals surface area contributed by atoms with Gasteiger partial charge in [-0.25, -0.2) is 9.59 Å². The molecule has 4 bridgehead atoms. The maximum atomic E-state index is 13.9. The van der Waals surface area contributed by atoms with Crippen LogP contribution in [0.1, 0.15) is 60.3 Å². The van der Waals surface area contributed by atoms with Crippen LogP contribution < -0.4 is 0 Å². The largest absolute Gasteiger partial charge is 0.461 e. The fourth-order valence-corrected chi connectivity index (χ4v) is 9.73. The van der Waals surface area contributed by atoms with Crippen LogP contribution >= 0.6 is 0 Å². The fourth-order valence-electron chi connectivity index (χ4n) is 9.73. The molecular formula is C25H30O5. The molecule has 0 N–H and O–H groups in total. The van der Waals surface area contributed by atoms with Gasteiger partial charge in [0.1, 0.15) is 18.0 Å². The van der Waals surface area contributed by atoms with E-state index in [1.165, 1.54) is 0 Å². The van der Waals surface area contributed by atoms with E-state index in [1.54, 1.807) is 6.08 Å². The molecule has 0 aromatic heterocycles. The summed E-state index contributed by atoms with van der Waals surface area (Å²) >= 11 is 0. The third-order valence-electron chi connectivity index (χ3n) is 10.5. The summed E-state index contributed by atoms with van der Waals surface area (Å²) in [5, 5.41) is 0. The first-order chi connectivity index (χ1) is 13.9. The van der Waals surface area contributed by atoms with Crippen molar-refractivity contribution >= 4 is 17.7 Å². The Morgan fingerprint density at radius 1 is 1.03 bits per heavy atom. The van der Waals surface area contributed by atoms with E-state index in [0.717, 1.165) is 31.3 Å². The highest BCUT2D eigenvalue weighted by Gasteiger charge is 2.85. The Kier molecular flexibility index (Phi) is 3.00. The van der Waals surface area contributed by atoms with E-state index in [9.17, 15) is 14.4 Å². The van der Waals surface area contributed by atoms with E-state index in [4.69, 9.17) is 9.47 Å². The zero-order chi connectivity index (χ0) is 21.5. The number of hydrogen-bond acceptors (Lipinski definition) is 5. The molecule has 7 rings (SSSR count). The topological polar surface area (TPSA) is 69.7 Å². The molecule has 5 nitrogen and oxygen atoms in total. The number of ketones is 1. The molecule has 30 heavy (non-hydrogen) atoms. The molecule has 0 unspecified atom stereocenters. The summed E-state index contributed by atoms with van der Waals surface area (Å²) in [7, 11) is 0. The molecule has 0 aromatic carbocycles. The molecule has 4 fully saturated rings. The summed E-state index contributed by atoms with van der Waals surface area (Å²) in [5.74, 6) is 0.0838. The molecule has 0 radical (unpaired) electrons. The molecule has 2 aliphatic heterocycles. The lowest BCUT2D eigenvalue weighted by Crippen LogP contribution is -2.67. The number of carbonyl (C=O) groups is 3. The van der Waals surface area contributed by atoms with Gasteiger partial charge < -0.3 is 9.47 Å². The van der Waals surface area contributed by atoms with E-state index in [2.05, 4.69) is 19.9 Å². The van der Waals surface area contributed by atoms with Crippen LogP contribution in [-0.2, 0) is 23.9 Å². The molecule has 7 aliphatic rings. The van der Waals surface area contributed by atoms with Crippen molar-refractivity contribution in [3.05, 3.63) is 23.8 Å². The van der Waals surface area contributed by atoms with Crippen LogP contribution in [0.5, 0.6) is 0 Å². The van der Waals surface area contributed by atoms with Gasteiger partial charge in [-0.15, -0.1) is 0 Å². The normalized spacial score (nSPS) is 54.6. The van der Waals surface area contributed by atoms with Crippen molar-refractivity contribution in [2.75, 3.05) is 6.61 Å². The van der Waals surface area contributed by atoms with Crippen LogP contribution in [0.2, 0.25) is 0 Å². The summed E-state index contributed by atoms with van der Waals surface area (Å²) in [5.41, 5.74) is -2.08. The van der Waals surface area contributed by atoms with Gasteiger partial charge in [0.05, 0.1) is 5.41 Å². The van der Waals surface area contributed by atoms with Crippen molar-refractivity contribution in [3.63, 3.8) is 0 Å². The van der Waals surface area contributed by atoms with Gasteiger partial charge in [-0.05, 0) is 63.2 Å². The molecule has 5 heteroatoms. The molecule has 2 spiro atoms. The average molecular weight is 411 g/mol. The Labute approximate surface area is 177 Å². The molecule has 3 saturated carbocycles. The lowest BCUT2D eigenvalue weighted by atomic mass is 9.35. The van der Waals surface area contributed by atoms with Gasteiger partial charge in [-0.2, -0.15) is 0 Å². The molecule has 2 heterocycles. The smallest absolute Gasteiger partial charge is 0.334 e. The number of hydrogen-bond donors (Lipinski definition) is 0. The monoisotopic (exact) mass is 410 g/mol. The first-order valence-electron chi connectivity index (χ1n) is 11.2. The van der Waals surface area contributed by atoms with Crippen LogP contribution in [-0.4, -0.2) is 29.9 Å². The minimum atomic E-state index is -0.622. The van der Waals surface area contributed by atoms with Gasteiger partial charge in [-0.1, -0.05) is 26.0 Å². The number of rotatable bonds is 0. The minimum absolute atomic E-state index is 0.162. The SMILES string of the molecule is CC1(C)OC(=O)C=C[C@@]2(C)[C@H]1CC[C@@]13C[C@@]4(C)C=C5C(=O)OC[C@]51[C@@](C)(C[C@@H]23)C4=O. The Hall–Kier alpha value is -1.91. The van der Waals surface area contributed by atoms with Crippen molar-refractivity contribution < 1.29 is 23.9 Å². The van der Waals surface area contributed by atoms with Gasteiger partial charge in [0, 0.05) is 28.4 Å². The van der Waals surface area contributed by atoms with E-state index in [0.29, 0.717) is 6.61 Å². The van der Waals surface area contributed by atoms with Gasteiger partial charge in [0.25, 0.3) is 0 Å². The van der Waals surface area contributed by atoms with E-state index >= 15 is 0 Å². The Morgan fingerprint density at radius 2 is 1.77 bits per heavy atom. The average Bonchev–Trinajstić information content (AvgIpc) is 3.05. The molecule has 1 saturated heterocycles. The fraction of sp³-hybridized carbons (Fsp3) is 0.720. The van der Waals surface area contributed by atoms with Gasteiger partial charge in [-0.3, -0.25) is 4.79 Å². The zero-order valence-corrected chi connectivity index (χ0v) is 18.5. The maximum absolute atomic E-state index is 13.9. The molecule has 7 atom stereocenters. The predicted molar refractivity (Wildman–Crippen MR) is 108 cm³/mol. The highest BCUT2D eigenvalue weighted by Crippen LogP contribution is 2.85. The number of allylic oxidation sites excluding steroid dienone is 2. The van der Waals surface area contributed by atoms with Gasteiger partial charge >= 0.3 is 11.9 Å². The lowest BCUT2D eigenvalue weighted by Gasteiger charge is -2.66. The maximum Gasteiger partial charge on any atom is 0.334 e. The van der Waals surface area contributed by atoms with Crippen molar-refractivity contribution in [2.45, 2.75) is 65.9 Å². The molecular weight excluding hydrogens is 380 g/mol. The quantitative estimate of drug-likeness (QED) is 0.569.